The molecule has 1 spiro atoms. The van der Waals surface area contributed by atoms with Crippen molar-refractivity contribution in [1.82, 2.24) is 20.4 Å². The van der Waals surface area contributed by atoms with E-state index in [-0.39, 0.29) is 29.7 Å². The lowest BCUT2D eigenvalue weighted by atomic mass is 9.74. The molecule has 1 saturated carbocycles. The van der Waals surface area contributed by atoms with Crippen molar-refractivity contribution in [1.29, 1.82) is 0 Å². The summed E-state index contributed by atoms with van der Waals surface area (Å²) in [5.41, 5.74) is 1.74. The van der Waals surface area contributed by atoms with Crippen molar-refractivity contribution < 1.29 is 42.3 Å². The number of amides is 4. The summed E-state index contributed by atoms with van der Waals surface area (Å²) in [6, 6.07) is 4.65. The molecule has 1 aromatic carbocycles. The number of carboxylic acid groups (broad SMARTS) is 1. The van der Waals surface area contributed by atoms with Gasteiger partial charge in [0.05, 0.1) is 5.54 Å². The normalized spacial score (nSPS) is 22.9. The molecule has 3 fully saturated rings. The van der Waals surface area contributed by atoms with Crippen LogP contribution in [0.1, 0.15) is 58.4 Å². The van der Waals surface area contributed by atoms with E-state index in [0.29, 0.717) is 30.6 Å². The SMILES string of the molecule is O=C(O)C(F)(F)F.O=C1CCC(N2Cc3ccc(C(=O)N4CCNCC45CCC5)cc3C2=O)C(=O)N1. The van der Waals surface area contributed by atoms with Gasteiger partial charge in [-0.25, -0.2) is 4.79 Å². The molecule has 0 radical (unpaired) electrons. The van der Waals surface area contributed by atoms with Gasteiger partial charge >= 0.3 is 12.1 Å². The van der Waals surface area contributed by atoms with Gasteiger partial charge < -0.3 is 20.2 Å². The summed E-state index contributed by atoms with van der Waals surface area (Å²) in [6.45, 7) is 2.60. The molecule has 4 amide bonds. The van der Waals surface area contributed by atoms with Gasteiger partial charge in [0.2, 0.25) is 11.8 Å². The van der Waals surface area contributed by atoms with Crippen LogP contribution in [-0.4, -0.2) is 81.9 Å². The Labute approximate surface area is 203 Å². The maximum Gasteiger partial charge on any atom is 0.490 e. The Morgan fingerprint density at radius 2 is 1.83 bits per heavy atom. The van der Waals surface area contributed by atoms with Gasteiger partial charge in [-0.2, -0.15) is 13.2 Å². The van der Waals surface area contributed by atoms with E-state index in [0.717, 1.165) is 37.9 Å². The summed E-state index contributed by atoms with van der Waals surface area (Å²) in [6.07, 6.45) is -1.36. The number of halogens is 3. The van der Waals surface area contributed by atoms with Gasteiger partial charge in [-0.15, -0.1) is 0 Å². The molecule has 2 saturated heterocycles. The molecule has 1 aliphatic carbocycles. The van der Waals surface area contributed by atoms with Crippen LogP contribution in [-0.2, 0) is 20.9 Å². The van der Waals surface area contributed by atoms with Gasteiger partial charge in [0.1, 0.15) is 6.04 Å². The molecule has 13 heteroatoms. The number of rotatable bonds is 2. The van der Waals surface area contributed by atoms with Gasteiger partial charge in [0.15, 0.2) is 0 Å². The molecule has 0 aromatic heterocycles. The second kappa shape index (κ2) is 9.52. The molecule has 5 rings (SSSR count). The van der Waals surface area contributed by atoms with Crippen LogP contribution in [0.4, 0.5) is 13.2 Å². The third-order valence-corrected chi connectivity index (χ3v) is 7.09. The average molecular weight is 510 g/mol. The fraction of sp³-hybridized carbons (Fsp3) is 0.522. The highest BCUT2D eigenvalue weighted by Gasteiger charge is 2.46. The smallest absolute Gasteiger partial charge is 0.475 e. The number of piperazine rings is 1. The van der Waals surface area contributed by atoms with Gasteiger partial charge in [-0.3, -0.25) is 24.5 Å². The van der Waals surface area contributed by atoms with Crippen molar-refractivity contribution in [2.45, 2.75) is 56.4 Å². The molecule has 0 bridgehead atoms. The number of piperidine rings is 1. The molecule has 36 heavy (non-hydrogen) atoms. The van der Waals surface area contributed by atoms with E-state index in [1.807, 2.05) is 11.0 Å². The Bertz CT molecular complexity index is 1120. The van der Waals surface area contributed by atoms with Gasteiger partial charge in [0.25, 0.3) is 11.8 Å². The first-order valence-electron chi connectivity index (χ1n) is 11.5. The van der Waals surface area contributed by atoms with Crippen LogP contribution < -0.4 is 10.6 Å². The van der Waals surface area contributed by atoms with Crippen molar-refractivity contribution in [3.63, 3.8) is 0 Å². The monoisotopic (exact) mass is 510 g/mol. The van der Waals surface area contributed by atoms with Crippen LogP contribution in [0.3, 0.4) is 0 Å². The van der Waals surface area contributed by atoms with Crippen LogP contribution in [0.2, 0.25) is 0 Å². The second-order valence-corrected chi connectivity index (χ2v) is 9.29. The highest BCUT2D eigenvalue weighted by Crippen LogP contribution is 2.39. The topological polar surface area (TPSA) is 136 Å². The lowest BCUT2D eigenvalue weighted by Gasteiger charge is -2.53. The van der Waals surface area contributed by atoms with Gasteiger partial charge in [0, 0.05) is 43.7 Å². The van der Waals surface area contributed by atoms with E-state index in [4.69, 9.17) is 9.90 Å². The molecule has 10 nitrogen and oxygen atoms in total. The van der Waals surface area contributed by atoms with E-state index in [9.17, 15) is 32.3 Å². The lowest BCUT2D eigenvalue weighted by Crippen LogP contribution is -2.66. The summed E-state index contributed by atoms with van der Waals surface area (Å²) < 4.78 is 31.7. The number of fused-ring (bicyclic) bond motifs is 1. The Hall–Kier alpha value is -3.48. The summed E-state index contributed by atoms with van der Waals surface area (Å²) in [5.74, 6) is -3.76. The zero-order valence-corrected chi connectivity index (χ0v) is 19.2. The van der Waals surface area contributed by atoms with E-state index in [2.05, 4.69) is 10.6 Å². The molecular formula is C23H25F3N4O6. The fourth-order valence-electron chi connectivity index (χ4n) is 5.04. The maximum absolute atomic E-state index is 13.3. The Kier molecular flexibility index (Phi) is 6.78. The molecule has 194 valence electrons. The summed E-state index contributed by atoms with van der Waals surface area (Å²) in [4.78, 5) is 62.2. The van der Waals surface area contributed by atoms with Crippen molar-refractivity contribution in [3.8, 4) is 0 Å². The number of carboxylic acids is 1. The summed E-state index contributed by atoms with van der Waals surface area (Å²) in [7, 11) is 0. The first-order chi connectivity index (χ1) is 16.9. The Balaban J connectivity index is 0.000000384. The number of carbonyl (C=O) groups is 5. The molecule has 1 unspecified atom stereocenters. The molecule has 3 aliphatic heterocycles. The number of hydrogen-bond donors (Lipinski definition) is 3. The van der Waals surface area contributed by atoms with Gasteiger partial charge in [-0.05, 0) is 43.4 Å². The van der Waals surface area contributed by atoms with Crippen LogP contribution in [0, 0.1) is 0 Å². The third-order valence-electron chi connectivity index (χ3n) is 7.09. The standard InChI is InChI=1S/C21H24N4O4.C2HF3O2/c26-17-5-4-16(18(27)23-17)24-11-14-3-2-13(10-15(14)20(24)29)19(28)25-9-8-22-12-21(25)6-1-7-21;3-2(4,5)1(6)7/h2-3,10,16,22H,1,4-9,11-12H2,(H,23,26,27);(H,6,7). The molecule has 3 heterocycles. The number of alkyl halides is 3. The fourth-order valence-corrected chi connectivity index (χ4v) is 5.04. The van der Waals surface area contributed by atoms with Crippen molar-refractivity contribution >= 4 is 29.6 Å². The Morgan fingerprint density at radius 1 is 1.14 bits per heavy atom. The van der Waals surface area contributed by atoms with Crippen LogP contribution in [0.5, 0.6) is 0 Å². The first kappa shape index (κ1) is 25.6. The minimum atomic E-state index is -5.08. The molecule has 1 atom stereocenters. The number of imide groups is 1. The second-order valence-electron chi connectivity index (χ2n) is 9.29. The van der Waals surface area contributed by atoms with Crippen LogP contribution >= 0.6 is 0 Å². The third kappa shape index (κ3) is 4.79. The molecule has 4 aliphatic rings. The van der Waals surface area contributed by atoms with Crippen molar-refractivity contribution in [2.24, 2.45) is 0 Å². The van der Waals surface area contributed by atoms with Gasteiger partial charge in [-0.1, -0.05) is 6.07 Å². The number of hydrogen-bond acceptors (Lipinski definition) is 6. The van der Waals surface area contributed by atoms with E-state index in [1.165, 1.54) is 4.90 Å². The van der Waals surface area contributed by atoms with E-state index < -0.39 is 24.1 Å². The first-order valence-corrected chi connectivity index (χ1v) is 11.5. The van der Waals surface area contributed by atoms with Crippen LogP contribution in [0.25, 0.3) is 0 Å². The molecular weight excluding hydrogens is 485 g/mol. The number of aliphatic carboxylic acids is 1. The van der Waals surface area contributed by atoms with Crippen molar-refractivity contribution in [2.75, 3.05) is 19.6 Å². The Morgan fingerprint density at radius 3 is 2.42 bits per heavy atom. The zero-order chi connectivity index (χ0) is 26.3. The number of nitrogens with zero attached hydrogens (tertiary/aromatic N) is 2. The number of nitrogens with one attached hydrogen (secondary N) is 2. The van der Waals surface area contributed by atoms with Crippen LogP contribution in [0.15, 0.2) is 18.2 Å². The lowest BCUT2D eigenvalue weighted by molar-refractivity contribution is -0.192. The molecule has 3 N–H and O–H groups in total. The molecule has 1 aromatic rings. The van der Waals surface area contributed by atoms with Crippen molar-refractivity contribution in [3.05, 3.63) is 34.9 Å². The predicted molar refractivity (Wildman–Crippen MR) is 117 cm³/mol. The highest BCUT2D eigenvalue weighted by atomic mass is 19.4. The summed E-state index contributed by atoms with van der Waals surface area (Å²) in [5, 5.41) is 12.8. The van der Waals surface area contributed by atoms with E-state index >= 15 is 0 Å². The van der Waals surface area contributed by atoms with E-state index in [1.54, 1.807) is 12.1 Å². The largest absolute Gasteiger partial charge is 0.490 e. The minimum absolute atomic E-state index is 0.0266. The average Bonchev–Trinajstić information content (AvgIpc) is 3.13. The predicted octanol–water partition coefficient (Wildman–Crippen LogP) is 1.05. The number of carbonyl (C=O) groups excluding carboxylic acids is 4. The summed E-state index contributed by atoms with van der Waals surface area (Å²) >= 11 is 0. The quantitative estimate of drug-likeness (QED) is 0.506. The minimum Gasteiger partial charge on any atom is -0.475 e. The maximum atomic E-state index is 13.3. The zero-order valence-electron chi connectivity index (χ0n) is 19.2. The highest BCUT2D eigenvalue weighted by molar-refractivity contribution is 6.06. The number of benzene rings is 1.